The Bertz CT molecular complexity index is 535. The topological polar surface area (TPSA) is 50.4 Å². The molecule has 1 aromatic carbocycles. The van der Waals surface area contributed by atoms with E-state index >= 15 is 0 Å². The molecule has 2 atom stereocenters. The van der Waals surface area contributed by atoms with Gasteiger partial charge in [-0.2, -0.15) is 0 Å². The van der Waals surface area contributed by atoms with Crippen LogP contribution in [-0.4, -0.2) is 25.3 Å². The Labute approximate surface area is 130 Å². The van der Waals surface area contributed by atoms with Gasteiger partial charge in [0.1, 0.15) is 5.75 Å². The lowest BCUT2D eigenvalue weighted by Gasteiger charge is -2.28. The van der Waals surface area contributed by atoms with Crippen LogP contribution in [0.15, 0.2) is 29.2 Å². The highest BCUT2D eigenvalue weighted by atomic mass is 32.2. The number of rotatable bonds is 4. The van der Waals surface area contributed by atoms with Crippen molar-refractivity contribution in [3.63, 3.8) is 0 Å². The lowest BCUT2D eigenvalue weighted by atomic mass is 9.93. The lowest BCUT2D eigenvalue weighted by molar-refractivity contribution is -0.125. The molecule has 114 valence electrons. The number of carbonyl (C=O) groups is 1. The van der Waals surface area contributed by atoms with Crippen molar-refractivity contribution in [3.05, 3.63) is 29.8 Å². The fourth-order valence-electron chi connectivity index (χ4n) is 2.38. The molecule has 4 nitrogen and oxygen atoms in total. The summed E-state index contributed by atoms with van der Waals surface area (Å²) in [4.78, 5) is 12.5. The van der Waals surface area contributed by atoms with Crippen LogP contribution in [0.5, 0.6) is 5.75 Å². The standard InChI is InChI=1S/C16H22N2O2S/c1-10(5-15-11(2)6-16(19)18-17-15)12-7-13(20-3)9-14(8-12)21-4/h5,7-9,11,15,17H,6H2,1-4H3,(H,18,19)/b10-5+. The number of nitrogens with one attached hydrogen (secondary N) is 2. The molecular formula is C16H22N2O2S. The van der Waals surface area contributed by atoms with Gasteiger partial charge in [-0.3, -0.25) is 10.2 Å². The zero-order valence-corrected chi connectivity index (χ0v) is 13.7. The minimum absolute atomic E-state index is 0.0517. The number of thioether (sulfide) groups is 1. The van der Waals surface area contributed by atoms with Crippen LogP contribution in [-0.2, 0) is 4.79 Å². The Hall–Kier alpha value is -1.46. The quantitative estimate of drug-likeness (QED) is 0.840. The van der Waals surface area contributed by atoms with Crippen molar-refractivity contribution in [1.29, 1.82) is 0 Å². The fraction of sp³-hybridized carbons (Fsp3) is 0.438. The molecule has 1 aliphatic heterocycles. The summed E-state index contributed by atoms with van der Waals surface area (Å²) in [5.41, 5.74) is 8.08. The maximum Gasteiger partial charge on any atom is 0.234 e. The molecule has 0 saturated carbocycles. The van der Waals surface area contributed by atoms with Crippen molar-refractivity contribution in [2.75, 3.05) is 13.4 Å². The number of hydrogen-bond donors (Lipinski definition) is 2. The van der Waals surface area contributed by atoms with Gasteiger partial charge in [0.05, 0.1) is 7.11 Å². The highest BCUT2D eigenvalue weighted by Gasteiger charge is 2.23. The zero-order valence-electron chi connectivity index (χ0n) is 12.9. The number of hydrazine groups is 1. The molecular weight excluding hydrogens is 284 g/mol. The maximum absolute atomic E-state index is 11.3. The van der Waals surface area contributed by atoms with Gasteiger partial charge in [0, 0.05) is 17.4 Å². The molecule has 1 saturated heterocycles. The van der Waals surface area contributed by atoms with Crippen LogP contribution >= 0.6 is 11.8 Å². The van der Waals surface area contributed by atoms with E-state index in [2.05, 4.69) is 43.1 Å². The molecule has 1 heterocycles. The summed E-state index contributed by atoms with van der Waals surface area (Å²) in [5.74, 6) is 1.19. The van der Waals surface area contributed by atoms with Gasteiger partial charge >= 0.3 is 0 Å². The Kier molecular flexibility index (Phi) is 5.31. The molecule has 2 rings (SSSR count). The van der Waals surface area contributed by atoms with E-state index in [1.807, 2.05) is 12.1 Å². The fourth-order valence-corrected chi connectivity index (χ4v) is 2.86. The van der Waals surface area contributed by atoms with Crippen molar-refractivity contribution < 1.29 is 9.53 Å². The Morgan fingerprint density at radius 1 is 1.43 bits per heavy atom. The van der Waals surface area contributed by atoms with Gasteiger partial charge in [-0.1, -0.05) is 13.0 Å². The van der Waals surface area contributed by atoms with E-state index in [9.17, 15) is 4.79 Å². The van der Waals surface area contributed by atoms with E-state index in [0.29, 0.717) is 6.42 Å². The summed E-state index contributed by atoms with van der Waals surface area (Å²) < 4.78 is 5.36. The second kappa shape index (κ2) is 7.00. The highest BCUT2D eigenvalue weighted by Crippen LogP contribution is 2.28. The van der Waals surface area contributed by atoms with Crippen LogP contribution in [0.25, 0.3) is 5.57 Å². The van der Waals surface area contributed by atoms with Crippen LogP contribution in [0.3, 0.4) is 0 Å². The molecule has 0 spiro atoms. The third-order valence-electron chi connectivity index (χ3n) is 3.74. The largest absolute Gasteiger partial charge is 0.497 e. The maximum atomic E-state index is 11.3. The summed E-state index contributed by atoms with van der Waals surface area (Å²) in [7, 11) is 1.68. The number of allylic oxidation sites excluding steroid dienone is 1. The minimum atomic E-state index is 0.0517. The molecule has 1 amide bonds. The summed E-state index contributed by atoms with van der Waals surface area (Å²) in [5, 5.41) is 0. The molecule has 0 aliphatic carbocycles. The second-order valence-corrected chi connectivity index (χ2v) is 6.23. The Balaban J connectivity index is 2.24. The second-order valence-electron chi connectivity index (χ2n) is 5.35. The van der Waals surface area contributed by atoms with E-state index in [1.165, 1.54) is 10.5 Å². The number of benzene rings is 1. The van der Waals surface area contributed by atoms with E-state index in [1.54, 1.807) is 18.9 Å². The van der Waals surface area contributed by atoms with Gasteiger partial charge in [0.2, 0.25) is 5.91 Å². The van der Waals surface area contributed by atoms with Crippen molar-refractivity contribution in [3.8, 4) is 5.75 Å². The molecule has 1 aromatic rings. The summed E-state index contributed by atoms with van der Waals surface area (Å²) in [6, 6.07) is 6.37. The van der Waals surface area contributed by atoms with Gasteiger partial charge in [0.25, 0.3) is 0 Å². The van der Waals surface area contributed by atoms with Crippen molar-refractivity contribution in [2.45, 2.75) is 31.2 Å². The molecule has 0 bridgehead atoms. The van der Waals surface area contributed by atoms with Gasteiger partial charge in [-0.15, -0.1) is 11.8 Å². The highest BCUT2D eigenvalue weighted by molar-refractivity contribution is 7.98. The third-order valence-corrected chi connectivity index (χ3v) is 4.44. The molecule has 0 radical (unpaired) electrons. The van der Waals surface area contributed by atoms with Crippen LogP contribution in [0.2, 0.25) is 0 Å². The average Bonchev–Trinajstić information content (AvgIpc) is 2.49. The van der Waals surface area contributed by atoms with Gasteiger partial charge < -0.3 is 4.74 Å². The third kappa shape index (κ3) is 4.02. The predicted molar refractivity (Wildman–Crippen MR) is 87.3 cm³/mol. The zero-order chi connectivity index (χ0) is 15.4. The van der Waals surface area contributed by atoms with Crippen LogP contribution in [0.4, 0.5) is 0 Å². The summed E-state index contributed by atoms with van der Waals surface area (Å²) >= 11 is 1.70. The molecule has 21 heavy (non-hydrogen) atoms. The first-order chi connectivity index (χ1) is 10.0. The molecule has 1 aliphatic rings. The molecule has 1 fully saturated rings. The van der Waals surface area contributed by atoms with Crippen LogP contribution < -0.4 is 15.6 Å². The molecule has 2 N–H and O–H groups in total. The summed E-state index contributed by atoms with van der Waals surface area (Å²) in [6.45, 7) is 4.17. The van der Waals surface area contributed by atoms with Gasteiger partial charge in [0.15, 0.2) is 0 Å². The lowest BCUT2D eigenvalue weighted by Crippen LogP contribution is -2.52. The van der Waals surface area contributed by atoms with Crippen molar-refractivity contribution in [2.24, 2.45) is 5.92 Å². The van der Waals surface area contributed by atoms with Crippen LogP contribution in [0.1, 0.15) is 25.8 Å². The normalized spacial score (nSPS) is 22.9. The Morgan fingerprint density at radius 2 is 2.19 bits per heavy atom. The Morgan fingerprint density at radius 3 is 2.81 bits per heavy atom. The summed E-state index contributed by atoms with van der Waals surface area (Å²) in [6.07, 6.45) is 4.77. The first-order valence-corrected chi connectivity index (χ1v) is 8.22. The van der Waals surface area contributed by atoms with E-state index in [4.69, 9.17) is 4.74 Å². The average molecular weight is 306 g/mol. The number of amides is 1. The molecule has 2 unspecified atom stereocenters. The van der Waals surface area contributed by atoms with Gasteiger partial charge in [-0.25, -0.2) is 5.43 Å². The predicted octanol–water partition coefficient (Wildman–Crippen LogP) is 2.85. The smallest absolute Gasteiger partial charge is 0.234 e. The van der Waals surface area contributed by atoms with E-state index in [0.717, 1.165) is 11.3 Å². The van der Waals surface area contributed by atoms with E-state index in [-0.39, 0.29) is 17.9 Å². The first kappa shape index (κ1) is 15.9. The van der Waals surface area contributed by atoms with Crippen LogP contribution in [0, 0.1) is 5.92 Å². The van der Waals surface area contributed by atoms with E-state index < -0.39 is 0 Å². The van der Waals surface area contributed by atoms with Crippen molar-refractivity contribution in [1.82, 2.24) is 10.9 Å². The number of carbonyl (C=O) groups excluding carboxylic acids is 1. The van der Waals surface area contributed by atoms with Crippen molar-refractivity contribution >= 4 is 23.2 Å². The molecule has 5 heteroatoms. The first-order valence-electron chi connectivity index (χ1n) is 6.99. The minimum Gasteiger partial charge on any atom is -0.497 e. The van der Waals surface area contributed by atoms with Gasteiger partial charge in [-0.05, 0) is 48.4 Å². The molecule has 0 aromatic heterocycles. The number of methoxy groups -OCH3 is 1. The monoisotopic (exact) mass is 306 g/mol. The SMILES string of the molecule is COc1cc(SC)cc(/C(C)=C/C2NNC(=O)CC2C)c1. The number of hydrogen-bond acceptors (Lipinski definition) is 4. The number of ether oxygens (including phenoxy) is 1.